The molecule has 142 valence electrons. The van der Waals surface area contributed by atoms with Crippen LogP contribution in [0.2, 0.25) is 0 Å². The van der Waals surface area contributed by atoms with E-state index in [0.717, 1.165) is 28.3 Å². The standard InChI is InChI=1S/C20H21F2N3OS/c1-12-15(18-5-6-24-25(18)2)10-20(27-12)19(26)9-14(11-23)7-13-3-4-16(21)17(22)8-13/h3-6,8,10,14H,7,9,11,23H2,1-2H3/t14-/m1/s1. The number of carbonyl (C=O) groups excluding carboxylic acids is 1. The molecule has 0 spiro atoms. The van der Waals surface area contributed by atoms with E-state index in [1.165, 1.54) is 17.4 Å². The molecule has 0 saturated carbocycles. The quantitative estimate of drug-likeness (QED) is 0.618. The Morgan fingerprint density at radius 3 is 2.67 bits per heavy atom. The highest BCUT2D eigenvalue weighted by Gasteiger charge is 2.19. The summed E-state index contributed by atoms with van der Waals surface area (Å²) in [7, 11) is 1.86. The number of hydrogen-bond acceptors (Lipinski definition) is 4. The van der Waals surface area contributed by atoms with Gasteiger partial charge in [0, 0.05) is 30.1 Å². The second-order valence-corrected chi connectivity index (χ2v) is 7.86. The summed E-state index contributed by atoms with van der Waals surface area (Å²) in [5.74, 6) is -1.89. The first-order chi connectivity index (χ1) is 12.9. The van der Waals surface area contributed by atoms with Crippen LogP contribution < -0.4 is 5.73 Å². The summed E-state index contributed by atoms with van der Waals surface area (Å²) in [5.41, 5.74) is 8.41. The summed E-state index contributed by atoms with van der Waals surface area (Å²) in [4.78, 5) is 14.5. The average molecular weight is 389 g/mol. The van der Waals surface area contributed by atoms with E-state index in [0.29, 0.717) is 23.4 Å². The number of carbonyl (C=O) groups is 1. The van der Waals surface area contributed by atoms with Crippen LogP contribution in [-0.2, 0) is 13.5 Å². The average Bonchev–Trinajstić information content (AvgIpc) is 3.22. The number of halogens is 2. The Morgan fingerprint density at radius 1 is 1.26 bits per heavy atom. The van der Waals surface area contributed by atoms with Gasteiger partial charge >= 0.3 is 0 Å². The number of benzene rings is 1. The van der Waals surface area contributed by atoms with Gasteiger partial charge in [0.15, 0.2) is 17.4 Å². The molecule has 4 nitrogen and oxygen atoms in total. The van der Waals surface area contributed by atoms with E-state index in [-0.39, 0.29) is 18.1 Å². The molecule has 0 bridgehead atoms. The van der Waals surface area contributed by atoms with Crippen molar-refractivity contribution in [2.75, 3.05) is 6.54 Å². The number of Topliss-reactive ketones (excluding diaryl/α,β-unsaturated/α-hetero) is 1. The van der Waals surface area contributed by atoms with Crippen LogP contribution in [0.25, 0.3) is 11.3 Å². The molecule has 3 rings (SSSR count). The molecule has 0 aliphatic carbocycles. The maximum atomic E-state index is 13.4. The summed E-state index contributed by atoms with van der Waals surface area (Å²) < 4.78 is 28.2. The molecule has 2 N–H and O–H groups in total. The van der Waals surface area contributed by atoms with Gasteiger partial charge in [0.05, 0.1) is 10.6 Å². The van der Waals surface area contributed by atoms with Crippen LogP contribution in [0.3, 0.4) is 0 Å². The van der Waals surface area contributed by atoms with Gasteiger partial charge in [-0.2, -0.15) is 5.10 Å². The van der Waals surface area contributed by atoms with E-state index in [1.54, 1.807) is 10.9 Å². The minimum Gasteiger partial charge on any atom is -0.330 e. The topological polar surface area (TPSA) is 60.9 Å². The SMILES string of the molecule is Cc1sc(C(=O)C[C@H](CN)Cc2ccc(F)c(F)c2)cc1-c1ccnn1C. The third-order valence-corrected chi connectivity index (χ3v) is 5.70. The molecular weight excluding hydrogens is 368 g/mol. The summed E-state index contributed by atoms with van der Waals surface area (Å²) in [6.07, 6.45) is 2.42. The van der Waals surface area contributed by atoms with Crippen LogP contribution >= 0.6 is 11.3 Å². The summed E-state index contributed by atoms with van der Waals surface area (Å²) in [6.45, 7) is 2.27. The fourth-order valence-corrected chi connectivity index (χ4v) is 4.09. The molecule has 0 amide bonds. The molecule has 0 unspecified atom stereocenters. The Kier molecular flexibility index (Phi) is 5.82. The zero-order valence-electron chi connectivity index (χ0n) is 15.2. The van der Waals surface area contributed by atoms with Crippen molar-refractivity contribution in [3.8, 4) is 11.3 Å². The molecular formula is C20H21F2N3OS. The lowest BCUT2D eigenvalue weighted by molar-refractivity contribution is 0.0966. The molecule has 0 aliphatic rings. The number of aryl methyl sites for hydroxylation is 2. The predicted octanol–water partition coefficient (Wildman–Crippen LogP) is 4.13. The minimum atomic E-state index is -0.885. The zero-order chi connectivity index (χ0) is 19.6. The molecule has 27 heavy (non-hydrogen) atoms. The van der Waals surface area contributed by atoms with E-state index >= 15 is 0 Å². The van der Waals surface area contributed by atoms with E-state index in [1.807, 2.05) is 26.1 Å². The van der Waals surface area contributed by atoms with E-state index < -0.39 is 11.6 Å². The molecule has 0 aliphatic heterocycles. The molecule has 2 heterocycles. The number of ketones is 1. The third kappa shape index (κ3) is 4.31. The van der Waals surface area contributed by atoms with Crippen molar-refractivity contribution in [2.45, 2.75) is 19.8 Å². The molecule has 7 heteroatoms. The van der Waals surface area contributed by atoms with Crippen LogP contribution in [0.5, 0.6) is 0 Å². The second kappa shape index (κ2) is 8.10. The number of nitrogens with two attached hydrogens (primary N) is 1. The first-order valence-corrected chi connectivity index (χ1v) is 9.46. The van der Waals surface area contributed by atoms with Crippen molar-refractivity contribution >= 4 is 17.1 Å². The second-order valence-electron chi connectivity index (χ2n) is 6.60. The lowest BCUT2D eigenvalue weighted by Gasteiger charge is -2.13. The monoisotopic (exact) mass is 389 g/mol. The molecule has 0 saturated heterocycles. The van der Waals surface area contributed by atoms with Crippen LogP contribution in [0.1, 0.15) is 26.5 Å². The van der Waals surface area contributed by atoms with Crippen LogP contribution in [0, 0.1) is 24.5 Å². The van der Waals surface area contributed by atoms with Crippen LogP contribution in [0.4, 0.5) is 8.78 Å². The zero-order valence-corrected chi connectivity index (χ0v) is 16.0. The Balaban J connectivity index is 1.73. The number of thiophene rings is 1. The van der Waals surface area contributed by atoms with Crippen molar-refractivity contribution in [1.29, 1.82) is 0 Å². The van der Waals surface area contributed by atoms with Crippen molar-refractivity contribution in [3.05, 3.63) is 63.5 Å². The highest BCUT2D eigenvalue weighted by atomic mass is 32.1. The maximum absolute atomic E-state index is 13.4. The Hall–Kier alpha value is -2.38. The van der Waals surface area contributed by atoms with Gasteiger partial charge in [-0.3, -0.25) is 9.48 Å². The third-order valence-electron chi connectivity index (χ3n) is 4.61. The lowest BCUT2D eigenvalue weighted by atomic mass is 9.93. The van der Waals surface area contributed by atoms with Gasteiger partial charge < -0.3 is 5.73 Å². The van der Waals surface area contributed by atoms with Gasteiger partial charge in [0.25, 0.3) is 0 Å². The first kappa shape index (κ1) is 19.4. The van der Waals surface area contributed by atoms with Gasteiger partial charge in [-0.25, -0.2) is 8.78 Å². The molecule has 0 radical (unpaired) electrons. The van der Waals surface area contributed by atoms with Gasteiger partial charge in [-0.1, -0.05) is 6.07 Å². The molecule has 1 aromatic carbocycles. The largest absolute Gasteiger partial charge is 0.330 e. The van der Waals surface area contributed by atoms with Gasteiger partial charge in [-0.05, 0) is 55.6 Å². The Labute approximate surface area is 160 Å². The molecule has 1 atom stereocenters. The van der Waals surface area contributed by atoms with Crippen molar-refractivity contribution in [3.63, 3.8) is 0 Å². The van der Waals surface area contributed by atoms with Crippen molar-refractivity contribution in [2.24, 2.45) is 18.7 Å². The van der Waals surface area contributed by atoms with Gasteiger partial charge in [0.1, 0.15) is 0 Å². The summed E-state index contributed by atoms with van der Waals surface area (Å²) >= 11 is 1.45. The van der Waals surface area contributed by atoms with E-state index in [4.69, 9.17) is 5.73 Å². The molecule has 0 fully saturated rings. The van der Waals surface area contributed by atoms with Crippen molar-refractivity contribution in [1.82, 2.24) is 9.78 Å². The Morgan fingerprint density at radius 2 is 2.04 bits per heavy atom. The maximum Gasteiger partial charge on any atom is 0.173 e. The number of rotatable bonds is 7. The van der Waals surface area contributed by atoms with E-state index in [2.05, 4.69) is 5.10 Å². The molecule has 3 aromatic rings. The van der Waals surface area contributed by atoms with Crippen molar-refractivity contribution < 1.29 is 13.6 Å². The Bertz CT molecular complexity index is 964. The van der Waals surface area contributed by atoms with Gasteiger partial charge in [-0.15, -0.1) is 11.3 Å². The highest BCUT2D eigenvalue weighted by Crippen LogP contribution is 2.32. The van der Waals surface area contributed by atoms with Crippen LogP contribution in [-0.4, -0.2) is 22.1 Å². The fraction of sp³-hybridized carbons (Fsp3) is 0.300. The normalized spacial score (nSPS) is 12.3. The summed E-state index contributed by atoms with van der Waals surface area (Å²) in [5, 5.41) is 4.17. The molecule has 2 aromatic heterocycles. The summed E-state index contributed by atoms with van der Waals surface area (Å²) in [6, 6.07) is 7.60. The fourth-order valence-electron chi connectivity index (χ4n) is 3.11. The minimum absolute atomic E-state index is 0.00884. The smallest absolute Gasteiger partial charge is 0.173 e. The first-order valence-electron chi connectivity index (χ1n) is 8.65. The number of aromatic nitrogens is 2. The highest BCUT2D eigenvalue weighted by molar-refractivity contribution is 7.14. The van der Waals surface area contributed by atoms with Gasteiger partial charge in [0.2, 0.25) is 0 Å². The van der Waals surface area contributed by atoms with E-state index in [9.17, 15) is 13.6 Å². The number of nitrogens with zero attached hydrogens (tertiary/aromatic N) is 2. The number of hydrogen-bond donors (Lipinski definition) is 1. The predicted molar refractivity (Wildman–Crippen MR) is 103 cm³/mol. The van der Waals surface area contributed by atoms with Crippen LogP contribution in [0.15, 0.2) is 36.5 Å². The lowest BCUT2D eigenvalue weighted by Crippen LogP contribution is -2.20.